The van der Waals surface area contributed by atoms with Gasteiger partial charge >= 0.3 is 0 Å². The molecule has 2 aliphatic carbocycles. The van der Waals surface area contributed by atoms with E-state index in [4.69, 9.17) is 12.2 Å². The van der Waals surface area contributed by atoms with E-state index in [1.165, 1.54) is 37.0 Å². The highest BCUT2D eigenvalue weighted by atomic mass is 32.1. The minimum atomic E-state index is 0.133. The second kappa shape index (κ2) is 5.60. The van der Waals surface area contributed by atoms with Crippen LogP contribution in [0.15, 0.2) is 0 Å². The number of aromatic nitrogens is 1. The first kappa shape index (κ1) is 14.3. The van der Waals surface area contributed by atoms with Crippen molar-refractivity contribution in [3.63, 3.8) is 0 Å². The van der Waals surface area contributed by atoms with Gasteiger partial charge in [-0.3, -0.25) is 4.79 Å². The second-order valence-corrected chi connectivity index (χ2v) is 8.21. The van der Waals surface area contributed by atoms with Gasteiger partial charge in [-0.15, -0.1) is 11.3 Å². The van der Waals surface area contributed by atoms with Gasteiger partial charge in [0.25, 0.3) is 0 Å². The Balaban J connectivity index is 1.56. The third-order valence-corrected chi connectivity index (χ3v) is 6.40. The molecule has 2 aliphatic rings. The van der Waals surface area contributed by atoms with E-state index < -0.39 is 0 Å². The summed E-state index contributed by atoms with van der Waals surface area (Å²) in [5.41, 5.74) is 1.03. The van der Waals surface area contributed by atoms with E-state index in [2.05, 4.69) is 17.2 Å². The smallest absolute Gasteiger partial charge is 0.225 e. The highest BCUT2D eigenvalue weighted by Gasteiger charge is 2.42. The van der Waals surface area contributed by atoms with Gasteiger partial charge in [-0.2, -0.15) is 0 Å². The molecule has 3 nitrogen and oxygen atoms in total. The van der Waals surface area contributed by atoms with Crippen LogP contribution in [-0.2, 0) is 11.2 Å². The fourth-order valence-corrected chi connectivity index (χ4v) is 5.36. The minimum Gasteiger partial charge on any atom is -0.353 e. The van der Waals surface area contributed by atoms with Crippen LogP contribution >= 0.6 is 23.6 Å². The maximum atomic E-state index is 12.2. The van der Waals surface area contributed by atoms with Crippen molar-refractivity contribution in [1.29, 1.82) is 0 Å². The molecule has 2 saturated carbocycles. The van der Waals surface area contributed by atoms with Crippen LogP contribution in [0.5, 0.6) is 0 Å². The van der Waals surface area contributed by atoms with Crippen molar-refractivity contribution >= 4 is 29.5 Å². The zero-order valence-corrected chi connectivity index (χ0v) is 13.7. The van der Waals surface area contributed by atoms with E-state index in [9.17, 15) is 4.79 Å². The van der Waals surface area contributed by atoms with E-state index in [0.717, 1.165) is 26.4 Å². The van der Waals surface area contributed by atoms with Gasteiger partial charge in [0.2, 0.25) is 5.91 Å². The van der Waals surface area contributed by atoms with Crippen LogP contribution in [0.1, 0.15) is 43.2 Å². The van der Waals surface area contributed by atoms with Crippen molar-refractivity contribution in [2.75, 3.05) is 0 Å². The fraction of sp³-hybridized carbons (Fsp3) is 0.733. The molecule has 0 aliphatic heterocycles. The summed E-state index contributed by atoms with van der Waals surface area (Å²) >= 11 is 6.63. The molecule has 4 atom stereocenters. The zero-order chi connectivity index (χ0) is 14.3. The molecule has 20 heavy (non-hydrogen) atoms. The van der Waals surface area contributed by atoms with E-state index in [1.807, 2.05) is 6.92 Å². The topological polar surface area (TPSA) is 44.9 Å². The van der Waals surface area contributed by atoms with Crippen LogP contribution in [0, 0.1) is 28.6 Å². The lowest BCUT2D eigenvalue weighted by Gasteiger charge is -2.28. The number of nitrogens with one attached hydrogen (secondary N) is 2. The number of aryl methyl sites for hydroxylation is 1. The molecule has 1 aromatic rings. The predicted octanol–water partition coefficient (Wildman–Crippen LogP) is 3.60. The minimum absolute atomic E-state index is 0.133. The summed E-state index contributed by atoms with van der Waals surface area (Å²) in [4.78, 5) is 16.4. The van der Waals surface area contributed by atoms with Crippen LogP contribution in [-0.4, -0.2) is 16.9 Å². The lowest BCUT2D eigenvalue weighted by atomic mass is 9.84. The molecule has 3 rings (SSSR count). The third-order valence-electron chi connectivity index (χ3n) is 5.07. The number of carbonyl (C=O) groups excluding carboxylic acids is 1. The van der Waals surface area contributed by atoms with Crippen molar-refractivity contribution in [3.05, 3.63) is 14.5 Å². The molecular formula is C15H22N2OS2. The number of fused-ring (bicyclic) bond motifs is 2. The molecule has 1 heterocycles. The largest absolute Gasteiger partial charge is 0.353 e. The first-order valence-electron chi connectivity index (χ1n) is 7.51. The molecule has 0 aromatic carbocycles. The summed E-state index contributed by atoms with van der Waals surface area (Å²) in [6.07, 6.45) is 5.94. The van der Waals surface area contributed by atoms with E-state index in [0.29, 0.717) is 18.4 Å². The van der Waals surface area contributed by atoms with E-state index >= 15 is 0 Å². The Kier molecular flexibility index (Phi) is 4.00. The average Bonchev–Trinajstić information content (AvgIpc) is 3.05. The Morgan fingerprint density at radius 2 is 2.30 bits per heavy atom. The number of carbonyl (C=O) groups is 1. The number of hydrogen-bond donors (Lipinski definition) is 2. The quantitative estimate of drug-likeness (QED) is 0.835. The molecule has 1 amide bonds. The summed E-state index contributed by atoms with van der Waals surface area (Å²) < 4.78 is 0.756. The van der Waals surface area contributed by atoms with Gasteiger partial charge in [0.15, 0.2) is 3.95 Å². The molecular weight excluding hydrogens is 288 g/mol. The molecule has 2 bridgehead atoms. The number of H-pyrrole nitrogens is 1. The molecule has 1 aromatic heterocycles. The van der Waals surface area contributed by atoms with Crippen LogP contribution in [0.25, 0.3) is 0 Å². The maximum Gasteiger partial charge on any atom is 0.225 e. The summed E-state index contributed by atoms with van der Waals surface area (Å²) in [5, 5.41) is 3.21. The lowest BCUT2D eigenvalue weighted by Crippen LogP contribution is -2.40. The molecule has 2 fully saturated rings. The Morgan fingerprint density at radius 3 is 2.85 bits per heavy atom. The molecule has 0 saturated heterocycles. The third kappa shape index (κ3) is 2.84. The number of amides is 1. The van der Waals surface area contributed by atoms with Crippen LogP contribution in [0.4, 0.5) is 0 Å². The summed E-state index contributed by atoms with van der Waals surface area (Å²) in [5.74, 6) is 2.62. The Hall–Kier alpha value is -0.680. The van der Waals surface area contributed by atoms with Crippen LogP contribution in [0.2, 0.25) is 0 Å². The van der Waals surface area contributed by atoms with Gasteiger partial charge in [-0.1, -0.05) is 6.42 Å². The Morgan fingerprint density at radius 1 is 1.50 bits per heavy atom. The van der Waals surface area contributed by atoms with Gasteiger partial charge in [-0.25, -0.2) is 0 Å². The second-order valence-electron chi connectivity index (χ2n) is 6.43. The van der Waals surface area contributed by atoms with Gasteiger partial charge in [0.05, 0.1) is 6.42 Å². The predicted molar refractivity (Wildman–Crippen MR) is 84.5 cm³/mol. The first-order valence-corrected chi connectivity index (χ1v) is 8.73. The van der Waals surface area contributed by atoms with E-state index in [-0.39, 0.29) is 5.91 Å². The SMILES string of the molecule is Cc1[nH]c(=S)sc1CC(=O)NC(C)C1CC2CCC1C2. The van der Waals surface area contributed by atoms with Crippen molar-refractivity contribution in [3.8, 4) is 0 Å². The molecule has 4 unspecified atom stereocenters. The van der Waals surface area contributed by atoms with Gasteiger partial charge in [0.1, 0.15) is 0 Å². The normalized spacial score (nSPS) is 29.6. The van der Waals surface area contributed by atoms with Crippen molar-refractivity contribution in [1.82, 2.24) is 10.3 Å². The molecule has 110 valence electrons. The van der Waals surface area contributed by atoms with E-state index in [1.54, 1.807) is 0 Å². The maximum absolute atomic E-state index is 12.2. The fourth-order valence-electron chi connectivity index (χ4n) is 4.07. The molecule has 5 heteroatoms. The number of rotatable bonds is 4. The summed E-state index contributed by atoms with van der Waals surface area (Å²) in [7, 11) is 0. The average molecular weight is 310 g/mol. The van der Waals surface area contributed by atoms with Gasteiger partial charge in [-0.05, 0) is 63.1 Å². The number of aromatic amines is 1. The van der Waals surface area contributed by atoms with Gasteiger partial charge in [0, 0.05) is 16.6 Å². The highest BCUT2D eigenvalue weighted by Crippen LogP contribution is 2.49. The zero-order valence-electron chi connectivity index (χ0n) is 12.1. The Bertz CT molecular complexity index is 562. The lowest BCUT2D eigenvalue weighted by molar-refractivity contribution is -0.121. The molecule has 0 spiro atoms. The van der Waals surface area contributed by atoms with Crippen LogP contribution < -0.4 is 5.32 Å². The van der Waals surface area contributed by atoms with Crippen molar-refractivity contribution in [2.24, 2.45) is 17.8 Å². The summed E-state index contributed by atoms with van der Waals surface area (Å²) in [6.45, 7) is 4.16. The Labute approximate surface area is 129 Å². The highest BCUT2D eigenvalue weighted by molar-refractivity contribution is 7.73. The summed E-state index contributed by atoms with van der Waals surface area (Å²) in [6, 6.07) is 0.310. The number of thiazole rings is 1. The van der Waals surface area contributed by atoms with Crippen LogP contribution in [0.3, 0.4) is 0 Å². The first-order chi connectivity index (χ1) is 9.52. The molecule has 0 radical (unpaired) electrons. The van der Waals surface area contributed by atoms with Gasteiger partial charge < -0.3 is 10.3 Å². The number of hydrogen-bond acceptors (Lipinski definition) is 3. The monoisotopic (exact) mass is 310 g/mol. The standard InChI is InChI=1S/C15H22N2OS2/c1-8(12-6-10-3-4-11(12)5-10)16-14(18)7-13-9(2)17-15(19)20-13/h8,10-12H,3-7H2,1-2H3,(H,16,18)(H,17,19). The van der Waals surface area contributed by atoms with Crippen molar-refractivity contribution < 1.29 is 4.79 Å². The van der Waals surface area contributed by atoms with Crippen molar-refractivity contribution in [2.45, 2.75) is 52.0 Å². The molecule has 2 N–H and O–H groups in total.